The predicted octanol–water partition coefficient (Wildman–Crippen LogP) is 5.80. The van der Waals surface area contributed by atoms with Crippen LogP contribution in [0.5, 0.6) is 0 Å². The van der Waals surface area contributed by atoms with E-state index in [2.05, 4.69) is 26.3 Å². The maximum atomic E-state index is 12.5. The van der Waals surface area contributed by atoms with Gasteiger partial charge >= 0.3 is 0 Å². The van der Waals surface area contributed by atoms with Crippen molar-refractivity contribution in [2.24, 2.45) is 0 Å². The van der Waals surface area contributed by atoms with Crippen LogP contribution >= 0.6 is 11.6 Å². The highest BCUT2D eigenvalue weighted by Crippen LogP contribution is 2.26. The van der Waals surface area contributed by atoms with E-state index < -0.39 is 0 Å². The van der Waals surface area contributed by atoms with Crippen LogP contribution in [0.1, 0.15) is 37.9 Å². The lowest BCUT2D eigenvalue weighted by atomic mass is 10.2. The van der Waals surface area contributed by atoms with E-state index in [1.165, 1.54) is 19.3 Å². The van der Waals surface area contributed by atoms with E-state index in [-0.39, 0.29) is 5.91 Å². The van der Waals surface area contributed by atoms with Gasteiger partial charge in [0.05, 0.1) is 16.6 Å². The number of aromatic nitrogens is 3. The highest BCUT2D eigenvalue weighted by molar-refractivity contribution is 6.31. The zero-order valence-electron chi connectivity index (χ0n) is 17.9. The van der Waals surface area contributed by atoms with Crippen LogP contribution in [0.15, 0.2) is 48.7 Å². The molecule has 0 saturated heterocycles. The molecule has 0 bridgehead atoms. The number of benzene rings is 2. The Morgan fingerprint density at radius 3 is 2.94 bits per heavy atom. The molecule has 1 aliphatic heterocycles. The zero-order chi connectivity index (χ0) is 21.9. The number of fused-ring (bicyclic) bond motifs is 4. The van der Waals surface area contributed by atoms with E-state index in [0.29, 0.717) is 18.0 Å². The molecule has 0 radical (unpaired) electrons. The first-order valence-corrected chi connectivity index (χ1v) is 11.6. The number of pyridine rings is 1. The van der Waals surface area contributed by atoms with Crippen molar-refractivity contribution >= 4 is 50.8 Å². The molecule has 0 aliphatic carbocycles. The molecule has 6 nitrogen and oxygen atoms in total. The first kappa shape index (κ1) is 20.8. The summed E-state index contributed by atoms with van der Waals surface area (Å²) in [6.45, 7) is 1.73. The minimum Gasteiger partial charge on any atom is -0.384 e. The van der Waals surface area contributed by atoms with Crippen LogP contribution < -0.4 is 10.6 Å². The highest BCUT2D eigenvalue weighted by atomic mass is 35.5. The van der Waals surface area contributed by atoms with Crippen LogP contribution in [0, 0.1) is 0 Å². The van der Waals surface area contributed by atoms with E-state index in [9.17, 15) is 4.79 Å². The molecule has 2 aromatic heterocycles. The van der Waals surface area contributed by atoms with Gasteiger partial charge in [-0.2, -0.15) is 0 Å². The highest BCUT2D eigenvalue weighted by Gasteiger charge is 2.14. The van der Waals surface area contributed by atoms with Crippen molar-refractivity contribution in [3.05, 3.63) is 59.5 Å². The minimum atomic E-state index is 0.0123. The van der Waals surface area contributed by atoms with Crippen LogP contribution in [-0.2, 0) is 17.8 Å². The number of hydrogen-bond acceptors (Lipinski definition) is 4. The summed E-state index contributed by atoms with van der Waals surface area (Å²) in [6.07, 6.45) is 7.63. The maximum absolute atomic E-state index is 12.5. The minimum absolute atomic E-state index is 0.0123. The van der Waals surface area contributed by atoms with E-state index in [4.69, 9.17) is 16.6 Å². The topological polar surface area (TPSA) is 71.8 Å². The van der Waals surface area contributed by atoms with E-state index in [0.717, 1.165) is 58.5 Å². The van der Waals surface area contributed by atoms with E-state index in [1.807, 2.05) is 36.4 Å². The van der Waals surface area contributed by atoms with Gasteiger partial charge < -0.3 is 15.2 Å². The number of amides is 1. The number of carbonyl (C=O) groups excluding carboxylic acids is 1. The molecule has 2 aromatic carbocycles. The Kier molecular flexibility index (Phi) is 5.95. The third-order valence-corrected chi connectivity index (χ3v) is 6.23. The summed E-state index contributed by atoms with van der Waals surface area (Å²) >= 11 is 6.05. The lowest BCUT2D eigenvalue weighted by Crippen LogP contribution is -2.13. The molecule has 7 heteroatoms. The second kappa shape index (κ2) is 9.17. The number of nitrogens with zero attached hydrogens (tertiary/aromatic N) is 3. The fourth-order valence-corrected chi connectivity index (χ4v) is 4.56. The van der Waals surface area contributed by atoms with Gasteiger partial charge in [0, 0.05) is 53.9 Å². The molecule has 0 fully saturated rings. The van der Waals surface area contributed by atoms with Gasteiger partial charge in [-0.25, -0.2) is 4.98 Å². The molecule has 1 amide bonds. The summed E-state index contributed by atoms with van der Waals surface area (Å²) in [5.41, 5.74) is 4.78. The number of hydrogen-bond donors (Lipinski definition) is 2. The summed E-state index contributed by atoms with van der Waals surface area (Å²) in [7, 11) is 0. The van der Waals surface area contributed by atoms with Gasteiger partial charge in [-0.3, -0.25) is 9.78 Å². The predicted molar refractivity (Wildman–Crippen MR) is 130 cm³/mol. The first-order valence-electron chi connectivity index (χ1n) is 11.2. The third-order valence-electron chi connectivity index (χ3n) is 5.99. The monoisotopic (exact) mass is 447 g/mol. The molecule has 1 aliphatic rings. The molecule has 0 unspecified atom stereocenters. The fourth-order valence-electron chi connectivity index (χ4n) is 4.40. The van der Waals surface area contributed by atoms with Crippen LogP contribution in [-0.4, -0.2) is 27.0 Å². The SMILES string of the molecule is O=C(CCCNc1ccnc2cc(Cl)ccc12)Nc1ccc2c(c1)nc1n2CCCCC1. The average molecular weight is 448 g/mol. The van der Waals surface area contributed by atoms with Gasteiger partial charge in [0.1, 0.15) is 5.82 Å². The fraction of sp³-hybridized carbons (Fsp3) is 0.320. The van der Waals surface area contributed by atoms with Crippen molar-refractivity contribution in [1.82, 2.24) is 14.5 Å². The summed E-state index contributed by atoms with van der Waals surface area (Å²) in [6, 6.07) is 13.7. The van der Waals surface area contributed by atoms with Crippen LogP contribution in [0.25, 0.3) is 21.9 Å². The van der Waals surface area contributed by atoms with E-state index in [1.54, 1.807) is 6.20 Å². The molecule has 0 spiro atoms. The summed E-state index contributed by atoms with van der Waals surface area (Å²) in [5, 5.41) is 8.12. The number of anilines is 2. The Balaban J connectivity index is 1.16. The van der Waals surface area contributed by atoms with Crippen LogP contribution in [0.2, 0.25) is 5.02 Å². The molecule has 3 heterocycles. The van der Waals surface area contributed by atoms with Crippen molar-refractivity contribution in [2.75, 3.05) is 17.2 Å². The van der Waals surface area contributed by atoms with Gasteiger partial charge in [0.15, 0.2) is 0 Å². The number of carbonyl (C=O) groups is 1. The van der Waals surface area contributed by atoms with Crippen molar-refractivity contribution in [2.45, 2.75) is 45.1 Å². The Bertz CT molecular complexity index is 1280. The van der Waals surface area contributed by atoms with Crippen molar-refractivity contribution in [3.8, 4) is 0 Å². The molecule has 4 aromatic rings. The standard InChI is InChI=1S/C25H26ClN5O/c26-17-7-9-19-20(11-13-28-21(19)15-17)27-12-4-6-25(32)29-18-8-10-23-22(16-18)30-24-5-2-1-3-14-31(23)24/h7-11,13,15-16H,1-6,12,14H2,(H,27,28)(H,29,32). The lowest BCUT2D eigenvalue weighted by Gasteiger charge is -2.10. The summed E-state index contributed by atoms with van der Waals surface area (Å²) in [5.74, 6) is 1.18. The van der Waals surface area contributed by atoms with Crippen LogP contribution in [0.4, 0.5) is 11.4 Å². The second-order valence-electron chi connectivity index (χ2n) is 8.29. The Morgan fingerprint density at radius 1 is 1.06 bits per heavy atom. The van der Waals surface area contributed by atoms with E-state index >= 15 is 0 Å². The number of halogens is 1. The normalized spacial score (nSPS) is 13.7. The zero-order valence-corrected chi connectivity index (χ0v) is 18.7. The molecule has 164 valence electrons. The maximum Gasteiger partial charge on any atom is 0.224 e. The van der Waals surface area contributed by atoms with Crippen molar-refractivity contribution < 1.29 is 4.79 Å². The van der Waals surface area contributed by atoms with Crippen molar-refractivity contribution in [1.29, 1.82) is 0 Å². The number of aryl methyl sites for hydroxylation is 2. The van der Waals surface area contributed by atoms with Gasteiger partial charge in [0.25, 0.3) is 0 Å². The first-order chi connectivity index (χ1) is 15.7. The third kappa shape index (κ3) is 4.41. The van der Waals surface area contributed by atoms with Crippen molar-refractivity contribution in [3.63, 3.8) is 0 Å². The summed E-state index contributed by atoms with van der Waals surface area (Å²) < 4.78 is 2.33. The largest absolute Gasteiger partial charge is 0.384 e. The molecule has 0 atom stereocenters. The lowest BCUT2D eigenvalue weighted by molar-refractivity contribution is -0.116. The average Bonchev–Trinajstić information content (AvgIpc) is 2.96. The molecule has 5 rings (SSSR count). The summed E-state index contributed by atoms with van der Waals surface area (Å²) in [4.78, 5) is 21.6. The Morgan fingerprint density at radius 2 is 2.00 bits per heavy atom. The number of rotatable bonds is 6. The smallest absolute Gasteiger partial charge is 0.224 e. The Hall–Kier alpha value is -3.12. The number of imidazole rings is 1. The molecule has 0 saturated carbocycles. The number of nitrogens with one attached hydrogen (secondary N) is 2. The second-order valence-corrected chi connectivity index (χ2v) is 8.73. The molecular weight excluding hydrogens is 422 g/mol. The van der Waals surface area contributed by atoms with Gasteiger partial charge in [-0.05, 0) is 61.7 Å². The quantitative estimate of drug-likeness (QED) is 0.366. The molecule has 32 heavy (non-hydrogen) atoms. The molecular formula is C25H26ClN5O. The van der Waals surface area contributed by atoms with Gasteiger partial charge in [-0.1, -0.05) is 18.0 Å². The van der Waals surface area contributed by atoms with Crippen LogP contribution in [0.3, 0.4) is 0 Å². The molecule has 2 N–H and O–H groups in total. The van der Waals surface area contributed by atoms with Gasteiger partial charge in [0.2, 0.25) is 5.91 Å². The van der Waals surface area contributed by atoms with Gasteiger partial charge in [-0.15, -0.1) is 0 Å². The Labute approximate surface area is 192 Å².